The normalized spacial score (nSPS) is 11.2. The van der Waals surface area contributed by atoms with E-state index in [2.05, 4.69) is 22.0 Å². The van der Waals surface area contributed by atoms with E-state index in [-0.39, 0.29) is 11.7 Å². The molecular weight excluding hydrogens is 370 g/mol. The number of allylic oxidation sites excluding steroid dienone is 1. The number of ether oxygens (including phenoxy) is 1. The van der Waals surface area contributed by atoms with Crippen molar-refractivity contribution in [1.29, 1.82) is 5.26 Å². The fraction of sp³-hybridized carbons (Fsp3) is 0.158. The Labute approximate surface area is 149 Å². The van der Waals surface area contributed by atoms with Gasteiger partial charge in [-0.3, -0.25) is 0 Å². The van der Waals surface area contributed by atoms with Crippen molar-refractivity contribution in [1.82, 2.24) is 0 Å². The highest BCUT2D eigenvalue weighted by molar-refractivity contribution is 9.10. The maximum absolute atomic E-state index is 10.8. The average Bonchev–Trinajstić information content (AvgIpc) is 2.55. The molecule has 4 nitrogen and oxygen atoms in total. The molecule has 0 heterocycles. The van der Waals surface area contributed by atoms with Crippen LogP contribution in [-0.2, 0) is 0 Å². The molecule has 2 aromatic rings. The van der Waals surface area contributed by atoms with Gasteiger partial charge >= 0.3 is 0 Å². The molecule has 5 heteroatoms. The van der Waals surface area contributed by atoms with E-state index in [1.54, 1.807) is 18.2 Å². The lowest BCUT2D eigenvalue weighted by atomic mass is 10.0. The summed E-state index contributed by atoms with van der Waals surface area (Å²) in [5.41, 5.74) is 1.98. The van der Waals surface area contributed by atoms with Crippen LogP contribution in [0, 0.1) is 11.3 Å². The van der Waals surface area contributed by atoms with Crippen LogP contribution in [0.2, 0.25) is 0 Å². The average molecular weight is 385 g/mol. The molecule has 0 aliphatic carbocycles. The zero-order chi connectivity index (χ0) is 17.7. The fourth-order valence-electron chi connectivity index (χ4n) is 2.09. The van der Waals surface area contributed by atoms with E-state index >= 15 is 0 Å². The highest BCUT2D eigenvalue weighted by Gasteiger charge is 2.06. The molecule has 0 saturated carbocycles. The predicted molar refractivity (Wildman–Crippen MR) is 94.2 cm³/mol. The van der Waals surface area contributed by atoms with Crippen LogP contribution >= 0.6 is 15.9 Å². The van der Waals surface area contributed by atoms with Gasteiger partial charge in [0.25, 0.3) is 0 Å². The molecule has 0 bridgehead atoms. The van der Waals surface area contributed by atoms with Crippen LogP contribution < -0.4 is 9.84 Å². The van der Waals surface area contributed by atoms with Crippen molar-refractivity contribution in [3.63, 3.8) is 0 Å². The van der Waals surface area contributed by atoms with Crippen LogP contribution in [0.1, 0.15) is 35.3 Å². The van der Waals surface area contributed by atoms with E-state index in [9.17, 15) is 15.2 Å². The largest absolute Gasteiger partial charge is 0.545 e. The number of carboxylic acids is 1. The predicted octanol–water partition coefficient (Wildman–Crippen LogP) is 3.66. The molecular formula is C19H15BrNO3-. The lowest BCUT2D eigenvalue weighted by molar-refractivity contribution is -0.255. The number of hydrogen-bond donors (Lipinski definition) is 0. The topological polar surface area (TPSA) is 73.1 Å². The van der Waals surface area contributed by atoms with Gasteiger partial charge in [-0.05, 0) is 64.7 Å². The number of carbonyl (C=O) groups excluding carboxylic acids is 1. The van der Waals surface area contributed by atoms with Crippen LogP contribution in [-0.4, -0.2) is 12.1 Å². The Hall–Kier alpha value is -2.58. The van der Waals surface area contributed by atoms with Gasteiger partial charge in [-0.2, -0.15) is 5.26 Å². The van der Waals surface area contributed by atoms with Crippen molar-refractivity contribution in [3.8, 4) is 11.8 Å². The van der Waals surface area contributed by atoms with E-state index < -0.39 is 5.97 Å². The minimum atomic E-state index is -1.24. The van der Waals surface area contributed by atoms with Gasteiger partial charge < -0.3 is 14.6 Å². The van der Waals surface area contributed by atoms with Crippen molar-refractivity contribution >= 4 is 33.5 Å². The summed E-state index contributed by atoms with van der Waals surface area (Å²) in [6, 6.07) is 13.7. The van der Waals surface area contributed by atoms with Gasteiger partial charge in [0.15, 0.2) is 0 Å². The van der Waals surface area contributed by atoms with E-state index in [0.29, 0.717) is 11.1 Å². The SMILES string of the molecule is CC(C)Oc1ccc(/C=C(\C#N)c2ccc(C(=O)[O-])cc2)cc1Br. The van der Waals surface area contributed by atoms with Crippen molar-refractivity contribution in [2.24, 2.45) is 0 Å². The number of carbonyl (C=O) groups is 1. The Morgan fingerprint density at radius 2 is 1.83 bits per heavy atom. The van der Waals surface area contributed by atoms with Gasteiger partial charge in [-0.25, -0.2) is 0 Å². The van der Waals surface area contributed by atoms with Crippen molar-refractivity contribution in [3.05, 3.63) is 63.6 Å². The third kappa shape index (κ3) is 4.46. The fourth-order valence-corrected chi connectivity index (χ4v) is 2.58. The lowest BCUT2D eigenvalue weighted by Gasteiger charge is -2.11. The number of aromatic carboxylic acids is 1. The van der Waals surface area contributed by atoms with Gasteiger partial charge in [0.2, 0.25) is 0 Å². The second kappa shape index (κ2) is 7.80. The number of nitrogens with zero attached hydrogens (tertiary/aromatic N) is 1. The Kier molecular flexibility index (Phi) is 5.78. The number of nitriles is 1. The zero-order valence-corrected chi connectivity index (χ0v) is 14.8. The lowest BCUT2D eigenvalue weighted by Crippen LogP contribution is -2.21. The summed E-state index contributed by atoms with van der Waals surface area (Å²) in [5.74, 6) is -0.507. The highest BCUT2D eigenvalue weighted by atomic mass is 79.9. The van der Waals surface area contributed by atoms with E-state index in [1.165, 1.54) is 12.1 Å². The first-order valence-electron chi connectivity index (χ1n) is 7.30. The Morgan fingerprint density at radius 3 is 2.33 bits per heavy atom. The first kappa shape index (κ1) is 17.8. The molecule has 0 atom stereocenters. The van der Waals surface area contributed by atoms with Crippen LogP contribution in [0.3, 0.4) is 0 Å². The summed E-state index contributed by atoms with van der Waals surface area (Å²) < 4.78 is 6.46. The molecule has 0 saturated heterocycles. The third-order valence-corrected chi connectivity index (χ3v) is 3.80. The molecule has 0 amide bonds. The van der Waals surface area contributed by atoms with Gasteiger partial charge in [0, 0.05) is 0 Å². The van der Waals surface area contributed by atoms with Gasteiger partial charge in [-0.15, -0.1) is 0 Å². The zero-order valence-electron chi connectivity index (χ0n) is 13.2. The molecule has 122 valence electrons. The smallest absolute Gasteiger partial charge is 0.133 e. The van der Waals surface area contributed by atoms with Crippen LogP contribution in [0.25, 0.3) is 11.6 Å². The summed E-state index contributed by atoms with van der Waals surface area (Å²) in [6.45, 7) is 3.90. The monoisotopic (exact) mass is 384 g/mol. The van der Waals surface area contributed by atoms with Gasteiger partial charge in [0.05, 0.1) is 28.2 Å². The number of benzene rings is 2. The first-order valence-corrected chi connectivity index (χ1v) is 8.10. The molecule has 2 aromatic carbocycles. The number of hydrogen-bond acceptors (Lipinski definition) is 4. The number of carboxylic acid groups (broad SMARTS) is 1. The Bertz CT molecular complexity index is 817. The molecule has 0 unspecified atom stereocenters. The van der Waals surface area contributed by atoms with E-state index in [1.807, 2.05) is 32.0 Å². The van der Waals surface area contributed by atoms with Crippen molar-refractivity contribution in [2.75, 3.05) is 0 Å². The van der Waals surface area contributed by atoms with E-state index in [0.717, 1.165) is 15.8 Å². The van der Waals surface area contributed by atoms with Crippen LogP contribution in [0.5, 0.6) is 5.75 Å². The van der Waals surface area contributed by atoms with Crippen LogP contribution in [0.4, 0.5) is 0 Å². The highest BCUT2D eigenvalue weighted by Crippen LogP contribution is 2.28. The van der Waals surface area contributed by atoms with Crippen molar-refractivity contribution < 1.29 is 14.6 Å². The molecule has 0 aliphatic rings. The molecule has 0 aliphatic heterocycles. The molecule has 0 radical (unpaired) electrons. The summed E-state index contributed by atoms with van der Waals surface area (Å²) in [4.78, 5) is 10.8. The second-order valence-electron chi connectivity index (χ2n) is 5.39. The summed E-state index contributed by atoms with van der Waals surface area (Å²) in [7, 11) is 0. The third-order valence-electron chi connectivity index (χ3n) is 3.18. The Balaban J connectivity index is 2.32. The Morgan fingerprint density at radius 1 is 1.21 bits per heavy atom. The molecule has 0 aromatic heterocycles. The standard InChI is InChI=1S/C19H16BrNO3/c1-12(2)24-18-8-3-13(10-17(18)20)9-16(11-21)14-4-6-15(7-5-14)19(22)23/h3-10,12H,1-2H3,(H,22,23)/p-1/b16-9+. The number of halogens is 1. The summed E-state index contributed by atoms with van der Waals surface area (Å²) in [6.07, 6.45) is 1.80. The maximum Gasteiger partial charge on any atom is 0.133 e. The van der Waals surface area contributed by atoms with Crippen LogP contribution in [0.15, 0.2) is 46.9 Å². The first-order chi connectivity index (χ1) is 11.4. The molecule has 0 N–H and O–H groups in total. The summed E-state index contributed by atoms with van der Waals surface area (Å²) >= 11 is 3.46. The van der Waals surface area contributed by atoms with E-state index in [4.69, 9.17) is 4.74 Å². The minimum absolute atomic E-state index is 0.0691. The minimum Gasteiger partial charge on any atom is -0.545 e. The maximum atomic E-state index is 10.8. The molecule has 2 rings (SSSR count). The van der Waals surface area contributed by atoms with Gasteiger partial charge in [-0.1, -0.05) is 30.3 Å². The van der Waals surface area contributed by atoms with Gasteiger partial charge in [0.1, 0.15) is 5.75 Å². The molecule has 0 fully saturated rings. The molecule has 24 heavy (non-hydrogen) atoms. The summed E-state index contributed by atoms with van der Waals surface area (Å²) in [5, 5.41) is 20.2. The quantitative estimate of drug-likeness (QED) is 0.582. The second-order valence-corrected chi connectivity index (χ2v) is 6.25. The molecule has 0 spiro atoms. The van der Waals surface area contributed by atoms with Crippen molar-refractivity contribution in [2.45, 2.75) is 20.0 Å². The number of rotatable bonds is 5.